The van der Waals surface area contributed by atoms with Gasteiger partial charge in [0.1, 0.15) is 5.82 Å². The van der Waals surface area contributed by atoms with Crippen LogP contribution in [0.1, 0.15) is 24.6 Å². The molecule has 2 unspecified atom stereocenters. The number of aromatic nitrogens is 4. The SMILES string of the molecule is NC1CC(c2ncccn2)CCN1c1nc2ccccc2[nH]1. The van der Waals surface area contributed by atoms with Crippen molar-refractivity contribution in [2.45, 2.75) is 24.9 Å². The third-order valence-electron chi connectivity index (χ3n) is 4.24. The van der Waals surface area contributed by atoms with Crippen molar-refractivity contribution in [1.82, 2.24) is 19.9 Å². The van der Waals surface area contributed by atoms with E-state index in [4.69, 9.17) is 5.73 Å². The number of hydrogen-bond donors (Lipinski definition) is 2. The van der Waals surface area contributed by atoms with E-state index in [2.05, 4.69) is 24.8 Å². The molecule has 3 heterocycles. The first kappa shape index (κ1) is 13.2. The van der Waals surface area contributed by atoms with Crippen LogP contribution >= 0.6 is 0 Å². The van der Waals surface area contributed by atoms with Gasteiger partial charge in [-0.15, -0.1) is 0 Å². The van der Waals surface area contributed by atoms with E-state index in [0.717, 1.165) is 42.2 Å². The zero-order chi connectivity index (χ0) is 14.9. The van der Waals surface area contributed by atoms with Crippen LogP contribution in [0, 0.1) is 0 Å². The average Bonchev–Trinajstić information content (AvgIpc) is 2.99. The molecule has 3 aromatic rings. The zero-order valence-electron chi connectivity index (χ0n) is 12.2. The highest BCUT2D eigenvalue weighted by Gasteiger charge is 2.29. The van der Waals surface area contributed by atoms with Crippen LogP contribution in [0.5, 0.6) is 0 Å². The number of nitrogens with two attached hydrogens (primary N) is 1. The smallest absolute Gasteiger partial charge is 0.205 e. The standard InChI is InChI=1S/C16H18N6/c17-14-10-11(15-18-7-3-8-19-15)6-9-22(14)16-20-12-4-1-2-5-13(12)21-16/h1-5,7-8,11,14H,6,9-10,17H2,(H,20,21). The number of piperidine rings is 1. The number of hydrogen-bond acceptors (Lipinski definition) is 5. The number of nitrogens with one attached hydrogen (secondary N) is 1. The Labute approximate surface area is 128 Å². The molecule has 0 aliphatic carbocycles. The molecule has 1 saturated heterocycles. The molecule has 0 radical (unpaired) electrons. The zero-order valence-corrected chi connectivity index (χ0v) is 12.2. The van der Waals surface area contributed by atoms with Crippen LogP contribution in [0.25, 0.3) is 11.0 Å². The Morgan fingerprint density at radius 1 is 1.14 bits per heavy atom. The van der Waals surface area contributed by atoms with Gasteiger partial charge >= 0.3 is 0 Å². The van der Waals surface area contributed by atoms with Gasteiger partial charge in [-0.2, -0.15) is 0 Å². The minimum Gasteiger partial charge on any atom is -0.327 e. The number of anilines is 1. The third kappa shape index (κ3) is 2.31. The van der Waals surface area contributed by atoms with Gasteiger partial charge in [0.25, 0.3) is 0 Å². The topological polar surface area (TPSA) is 83.7 Å². The molecule has 112 valence electrons. The largest absolute Gasteiger partial charge is 0.327 e. The Morgan fingerprint density at radius 3 is 2.73 bits per heavy atom. The van der Waals surface area contributed by atoms with Gasteiger partial charge in [0.05, 0.1) is 17.2 Å². The average molecular weight is 294 g/mol. The number of nitrogens with zero attached hydrogens (tertiary/aromatic N) is 4. The maximum absolute atomic E-state index is 6.37. The van der Waals surface area contributed by atoms with E-state index >= 15 is 0 Å². The number of H-pyrrole nitrogens is 1. The Kier molecular flexibility index (Phi) is 3.23. The number of para-hydroxylation sites is 2. The molecule has 1 aliphatic heterocycles. The molecular formula is C16H18N6. The molecule has 2 atom stereocenters. The summed E-state index contributed by atoms with van der Waals surface area (Å²) in [5.41, 5.74) is 8.38. The molecular weight excluding hydrogens is 276 g/mol. The van der Waals surface area contributed by atoms with Crippen LogP contribution < -0.4 is 10.6 Å². The van der Waals surface area contributed by atoms with Gasteiger partial charge in [-0.25, -0.2) is 15.0 Å². The van der Waals surface area contributed by atoms with Crippen LogP contribution in [0.4, 0.5) is 5.95 Å². The van der Waals surface area contributed by atoms with Gasteiger partial charge in [-0.1, -0.05) is 12.1 Å². The summed E-state index contributed by atoms with van der Waals surface area (Å²) in [5, 5.41) is 0. The summed E-state index contributed by atoms with van der Waals surface area (Å²) in [7, 11) is 0. The summed E-state index contributed by atoms with van der Waals surface area (Å²) in [6.07, 6.45) is 5.32. The van der Waals surface area contributed by atoms with Gasteiger partial charge in [0.2, 0.25) is 5.95 Å². The second-order valence-corrected chi connectivity index (χ2v) is 5.67. The van der Waals surface area contributed by atoms with Gasteiger partial charge < -0.3 is 15.6 Å². The molecule has 2 aromatic heterocycles. The summed E-state index contributed by atoms with van der Waals surface area (Å²) in [4.78, 5) is 18.9. The highest BCUT2D eigenvalue weighted by atomic mass is 15.3. The first-order chi connectivity index (χ1) is 10.8. The van der Waals surface area contributed by atoms with Gasteiger partial charge in [0, 0.05) is 24.9 Å². The molecule has 1 fully saturated rings. The van der Waals surface area contributed by atoms with E-state index in [9.17, 15) is 0 Å². The van der Waals surface area contributed by atoms with Gasteiger partial charge in [-0.05, 0) is 31.0 Å². The molecule has 0 spiro atoms. The van der Waals surface area contributed by atoms with Crippen LogP contribution in [0.2, 0.25) is 0 Å². The number of imidazole rings is 1. The minimum absolute atomic E-state index is 0.0804. The Hall–Kier alpha value is -2.47. The van der Waals surface area contributed by atoms with Gasteiger partial charge in [0.15, 0.2) is 0 Å². The van der Waals surface area contributed by atoms with E-state index < -0.39 is 0 Å². The van der Waals surface area contributed by atoms with E-state index in [0.29, 0.717) is 5.92 Å². The van der Waals surface area contributed by atoms with E-state index in [1.807, 2.05) is 30.3 Å². The molecule has 0 bridgehead atoms. The van der Waals surface area contributed by atoms with Gasteiger partial charge in [-0.3, -0.25) is 0 Å². The molecule has 6 nitrogen and oxygen atoms in total. The lowest BCUT2D eigenvalue weighted by atomic mass is 9.94. The van der Waals surface area contributed by atoms with E-state index in [1.54, 1.807) is 12.4 Å². The fourth-order valence-corrected chi connectivity index (χ4v) is 3.09. The van der Waals surface area contributed by atoms with Crippen molar-refractivity contribution in [1.29, 1.82) is 0 Å². The molecule has 6 heteroatoms. The summed E-state index contributed by atoms with van der Waals surface area (Å²) >= 11 is 0. The van der Waals surface area contributed by atoms with Crippen molar-refractivity contribution in [3.8, 4) is 0 Å². The first-order valence-corrected chi connectivity index (χ1v) is 7.55. The molecule has 0 amide bonds. The number of aromatic amines is 1. The second-order valence-electron chi connectivity index (χ2n) is 5.67. The normalized spacial score (nSPS) is 22.1. The lowest BCUT2D eigenvalue weighted by Crippen LogP contribution is -2.48. The minimum atomic E-state index is -0.0804. The Morgan fingerprint density at radius 2 is 1.95 bits per heavy atom. The summed E-state index contributed by atoms with van der Waals surface area (Å²) in [6, 6.07) is 9.87. The molecule has 3 N–H and O–H groups in total. The van der Waals surface area contributed by atoms with Crippen LogP contribution in [-0.2, 0) is 0 Å². The second kappa shape index (κ2) is 5.38. The van der Waals surface area contributed by atoms with Crippen molar-refractivity contribution >= 4 is 17.0 Å². The van der Waals surface area contributed by atoms with Crippen molar-refractivity contribution in [2.75, 3.05) is 11.4 Å². The highest BCUT2D eigenvalue weighted by Crippen LogP contribution is 2.30. The lowest BCUT2D eigenvalue weighted by Gasteiger charge is -2.36. The molecule has 0 saturated carbocycles. The summed E-state index contributed by atoms with van der Waals surface area (Å²) in [5.74, 6) is 2.06. The van der Waals surface area contributed by atoms with Crippen molar-refractivity contribution < 1.29 is 0 Å². The van der Waals surface area contributed by atoms with Crippen LogP contribution in [0.3, 0.4) is 0 Å². The predicted molar refractivity (Wildman–Crippen MR) is 85.4 cm³/mol. The Bertz CT molecular complexity index is 735. The molecule has 1 aromatic carbocycles. The first-order valence-electron chi connectivity index (χ1n) is 7.55. The molecule has 1 aliphatic rings. The van der Waals surface area contributed by atoms with Crippen molar-refractivity contribution in [2.24, 2.45) is 5.73 Å². The monoisotopic (exact) mass is 294 g/mol. The third-order valence-corrected chi connectivity index (χ3v) is 4.24. The van der Waals surface area contributed by atoms with Crippen LogP contribution in [0.15, 0.2) is 42.7 Å². The fourth-order valence-electron chi connectivity index (χ4n) is 3.09. The quantitative estimate of drug-likeness (QED) is 0.755. The highest BCUT2D eigenvalue weighted by molar-refractivity contribution is 5.77. The maximum atomic E-state index is 6.37. The number of rotatable bonds is 2. The molecule has 4 rings (SSSR count). The number of fused-ring (bicyclic) bond motifs is 1. The predicted octanol–water partition coefficient (Wildman–Crippen LogP) is 2.02. The number of benzene rings is 1. The van der Waals surface area contributed by atoms with Crippen LogP contribution in [-0.4, -0.2) is 32.6 Å². The Balaban J connectivity index is 1.55. The van der Waals surface area contributed by atoms with E-state index in [1.165, 1.54) is 0 Å². The molecule has 22 heavy (non-hydrogen) atoms. The fraction of sp³-hybridized carbons (Fsp3) is 0.312. The summed E-state index contributed by atoms with van der Waals surface area (Å²) in [6.45, 7) is 0.851. The maximum Gasteiger partial charge on any atom is 0.205 e. The lowest BCUT2D eigenvalue weighted by molar-refractivity contribution is 0.403. The van der Waals surface area contributed by atoms with Crippen molar-refractivity contribution in [3.05, 3.63) is 48.5 Å². The van der Waals surface area contributed by atoms with E-state index in [-0.39, 0.29) is 6.17 Å². The van der Waals surface area contributed by atoms with Crippen molar-refractivity contribution in [3.63, 3.8) is 0 Å². The summed E-state index contributed by atoms with van der Waals surface area (Å²) < 4.78 is 0.